The minimum atomic E-state index is -0.826. The number of aliphatic carboxylic acids is 1. The first-order chi connectivity index (χ1) is 10.9. The molecule has 1 aromatic rings. The van der Waals surface area contributed by atoms with Crippen molar-refractivity contribution in [2.45, 2.75) is 25.8 Å². The van der Waals surface area contributed by atoms with Crippen molar-refractivity contribution in [3.8, 4) is 0 Å². The van der Waals surface area contributed by atoms with Crippen LogP contribution in [0, 0.1) is 17.2 Å². The molecule has 1 saturated carbocycles. The highest BCUT2D eigenvalue weighted by atomic mass is 35.5. The molecule has 3 rings (SSSR count). The number of carbonyl (C=O) groups is 2. The molecule has 124 valence electrons. The molecule has 1 heterocycles. The lowest BCUT2D eigenvalue weighted by Gasteiger charge is -2.23. The topological polar surface area (TPSA) is 69.6 Å². The van der Waals surface area contributed by atoms with Crippen LogP contribution in [-0.2, 0) is 11.3 Å². The molecule has 2 amide bonds. The second-order valence-electron chi connectivity index (χ2n) is 6.29. The number of amides is 2. The Kier molecular flexibility index (Phi) is 4.19. The van der Waals surface area contributed by atoms with Crippen molar-refractivity contribution in [3.05, 3.63) is 34.6 Å². The molecule has 5 nitrogen and oxygen atoms in total. The highest BCUT2D eigenvalue weighted by Gasteiger charge is 2.55. The lowest BCUT2D eigenvalue weighted by molar-refractivity contribution is -0.149. The molecule has 2 atom stereocenters. The average Bonchev–Trinajstić information content (AvgIpc) is 3.04. The van der Waals surface area contributed by atoms with Crippen LogP contribution in [0.5, 0.6) is 0 Å². The molecule has 1 aromatic carbocycles. The maximum atomic E-state index is 13.7. The first-order valence-corrected chi connectivity index (χ1v) is 8.01. The van der Waals surface area contributed by atoms with Crippen LogP contribution >= 0.6 is 11.6 Å². The molecule has 1 aliphatic carbocycles. The number of hydrogen-bond acceptors (Lipinski definition) is 2. The van der Waals surface area contributed by atoms with Gasteiger partial charge >= 0.3 is 12.0 Å². The minimum Gasteiger partial charge on any atom is -0.481 e. The monoisotopic (exact) mass is 340 g/mol. The number of carboxylic acids is 1. The number of fused-ring (bicyclic) bond motifs is 1. The summed E-state index contributed by atoms with van der Waals surface area (Å²) >= 11 is 5.93. The predicted molar refractivity (Wildman–Crippen MR) is 82.6 cm³/mol. The van der Waals surface area contributed by atoms with E-state index < -0.39 is 17.2 Å². The van der Waals surface area contributed by atoms with Crippen LogP contribution in [0.4, 0.5) is 9.18 Å². The maximum Gasteiger partial charge on any atom is 0.317 e. The zero-order chi connectivity index (χ0) is 16.6. The van der Waals surface area contributed by atoms with E-state index in [-0.39, 0.29) is 35.6 Å². The standard InChI is InChI=1S/C16H18ClFN2O3/c17-12-4-1-5-13(18)11(12)7-19-15(23)20-8-10-3-2-6-16(10,9-20)14(21)22/h1,4-5,10H,2-3,6-9H2,(H,19,23)(H,21,22)/t10-,16+/m0/s1. The molecule has 0 spiro atoms. The fraction of sp³-hybridized carbons (Fsp3) is 0.500. The maximum absolute atomic E-state index is 13.7. The number of halogens is 2. The molecular formula is C16H18ClFN2O3. The van der Waals surface area contributed by atoms with Crippen LogP contribution in [0.25, 0.3) is 0 Å². The van der Waals surface area contributed by atoms with E-state index >= 15 is 0 Å². The Hall–Kier alpha value is -1.82. The second-order valence-corrected chi connectivity index (χ2v) is 6.70. The van der Waals surface area contributed by atoms with Crippen molar-refractivity contribution in [2.75, 3.05) is 13.1 Å². The minimum absolute atomic E-state index is 0.00259. The molecule has 2 N–H and O–H groups in total. The van der Waals surface area contributed by atoms with Crippen molar-refractivity contribution < 1.29 is 19.1 Å². The fourth-order valence-corrected chi connectivity index (χ4v) is 4.00. The summed E-state index contributed by atoms with van der Waals surface area (Å²) in [7, 11) is 0. The average molecular weight is 341 g/mol. The third-order valence-electron chi connectivity index (χ3n) is 5.06. The van der Waals surface area contributed by atoms with Crippen molar-refractivity contribution in [3.63, 3.8) is 0 Å². The van der Waals surface area contributed by atoms with Crippen molar-refractivity contribution in [2.24, 2.45) is 11.3 Å². The number of nitrogens with one attached hydrogen (secondary N) is 1. The third kappa shape index (κ3) is 2.76. The molecular weight excluding hydrogens is 323 g/mol. The van der Waals surface area contributed by atoms with Crippen molar-refractivity contribution in [1.82, 2.24) is 10.2 Å². The van der Waals surface area contributed by atoms with E-state index in [1.807, 2.05) is 0 Å². The number of urea groups is 1. The van der Waals surface area contributed by atoms with Gasteiger partial charge in [0.2, 0.25) is 0 Å². The molecule has 2 aliphatic rings. The Morgan fingerprint density at radius 1 is 1.48 bits per heavy atom. The van der Waals surface area contributed by atoms with Crippen LogP contribution in [0.2, 0.25) is 5.02 Å². The number of nitrogens with zero attached hydrogens (tertiary/aromatic N) is 1. The largest absolute Gasteiger partial charge is 0.481 e. The SMILES string of the molecule is O=C(NCc1c(F)cccc1Cl)N1C[C@@H]2CCC[C@@]2(C(=O)O)C1. The van der Waals surface area contributed by atoms with E-state index in [0.29, 0.717) is 13.0 Å². The Morgan fingerprint density at radius 2 is 2.26 bits per heavy atom. The molecule has 1 saturated heterocycles. The van der Waals surface area contributed by atoms with E-state index in [2.05, 4.69) is 5.32 Å². The Morgan fingerprint density at radius 3 is 2.91 bits per heavy atom. The third-order valence-corrected chi connectivity index (χ3v) is 5.42. The first-order valence-electron chi connectivity index (χ1n) is 7.63. The number of carboxylic acid groups (broad SMARTS) is 1. The summed E-state index contributed by atoms with van der Waals surface area (Å²) < 4.78 is 13.7. The Labute approximate surface area is 138 Å². The summed E-state index contributed by atoms with van der Waals surface area (Å²) in [6.45, 7) is 0.624. The van der Waals surface area contributed by atoms with Gasteiger partial charge in [-0.25, -0.2) is 9.18 Å². The first kappa shape index (κ1) is 16.1. The van der Waals surface area contributed by atoms with Gasteiger partial charge in [-0.1, -0.05) is 24.1 Å². The molecule has 0 unspecified atom stereocenters. The summed E-state index contributed by atoms with van der Waals surface area (Å²) in [5.41, 5.74) is -0.581. The Bertz CT molecular complexity index is 634. The van der Waals surface area contributed by atoms with Gasteiger partial charge in [-0.3, -0.25) is 4.79 Å². The molecule has 23 heavy (non-hydrogen) atoms. The Balaban J connectivity index is 1.65. The molecule has 0 bridgehead atoms. The van der Waals surface area contributed by atoms with Gasteiger partial charge < -0.3 is 15.3 Å². The number of rotatable bonds is 3. The highest BCUT2D eigenvalue weighted by Crippen LogP contribution is 2.48. The van der Waals surface area contributed by atoms with Gasteiger partial charge in [0.15, 0.2) is 0 Å². The number of benzene rings is 1. The summed E-state index contributed by atoms with van der Waals surface area (Å²) in [4.78, 5) is 25.4. The molecule has 0 aromatic heterocycles. The number of carbonyl (C=O) groups excluding carboxylic acids is 1. The predicted octanol–water partition coefficient (Wildman–Crippen LogP) is 2.88. The normalized spacial score (nSPS) is 26.2. The molecule has 7 heteroatoms. The van der Waals surface area contributed by atoms with Crippen LogP contribution in [0.15, 0.2) is 18.2 Å². The summed E-state index contributed by atoms with van der Waals surface area (Å²) in [5, 5.41) is 12.4. The van der Waals surface area contributed by atoms with Gasteiger partial charge in [-0.15, -0.1) is 0 Å². The quantitative estimate of drug-likeness (QED) is 0.889. The van der Waals surface area contributed by atoms with Crippen LogP contribution in [0.1, 0.15) is 24.8 Å². The smallest absolute Gasteiger partial charge is 0.317 e. The van der Waals surface area contributed by atoms with Gasteiger partial charge in [0.25, 0.3) is 0 Å². The van der Waals surface area contributed by atoms with E-state index in [1.54, 1.807) is 6.07 Å². The summed E-state index contributed by atoms with van der Waals surface area (Å²) in [5.74, 6) is -1.30. The molecule has 2 fully saturated rings. The van der Waals surface area contributed by atoms with Crippen LogP contribution < -0.4 is 5.32 Å². The van der Waals surface area contributed by atoms with Gasteiger partial charge in [0.05, 0.1) is 5.41 Å². The van der Waals surface area contributed by atoms with E-state index in [0.717, 1.165) is 12.8 Å². The van der Waals surface area contributed by atoms with Crippen molar-refractivity contribution in [1.29, 1.82) is 0 Å². The number of hydrogen-bond donors (Lipinski definition) is 2. The molecule has 0 radical (unpaired) electrons. The summed E-state index contributed by atoms with van der Waals surface area (Å²) in [6.07, 6.45) is 2.32. The van der Waals surface area contributed by atoms with E-state index in [4.69, 9.17) is 11.6 Å². The highest BCUT2D eigenvalue weighted by molar-refractivity contribution is 6.31. The van der Waals surface area contributed by atoms with Gasteiger partial charge in [0, 0.05) is 30.2 Å². The van der Waals surface area contributed by atoms with Gasteiger partial charge in [0.1, 0.15) is 5.82 Å². The van der Waals surface area contributed by atoms with E-state index in [1.165, 1.54) is 17.0 Å². The zero-order valence-electron chi connectivity index (χ0n) is 12.5. The fourth-order valence-electron chi connectivity index (χ4n) is 3.77. The lowest BCUT2D eigenvalue weighted by Crippen LogP contribution is -2.41. The zero-order valence-corrected chi connectivity index (χ0v) is 13.3. The number of likely N-dealkylation sites (tertiary alicyclic amines) is 1. The van der Waals surface area contributed by atoms with E-state index in [9.17, 15) is 19.1 Å². The second kappa shape index (κ2) is 6.00. The van der Waals surface area contributed by atoms with Crippen LogP contribution in [0.3, 0.4) is 0 Å². The lowest BCUT2D eigenvalue weighted by atomic mass is 9.81. The van der Waals surface area contributed by atoms with Gasteiger partial charge in [-0.2, -0.15) is 0 Å². The summed E-state index contributed by atoms with van der Waals surface area (Å²) in [6, 6.07) is 3.97. The van der Waals surface area contributed by atoms with Gasteiger partial charge in [-0.05, 0) is 30.9 Å². The molecule has 1 aliphatic heterocycles. The van der Waals surface area contributed by atoms with Crippen LogP contribution in [-0.4, -0.2) is 35.1 Å². The van der Waals surface area contributed by atoms with Crippen molar-refractivity contribution >= 4 is 23.6 Å².